The number of nitrogens with one attached hydrogen (secondary N) is 1. The third-order valence-electron chi connectivity index (χ3n) is 14.7. The topological polar surface area (TPSA) is 175 Å². The number of carbonyl (C=O) groups excluding carboxylic acids is 2. The van der Waals surface area contributed by atoms with E-state index in [2.05, 4.69) is 54.8 Å². The number of rotatable bonds is 54. The van der Waals surface area contributed by atoms with Crippen molar-refractivity contribution in [1.82, 2.24) is 5.32 Å². The lowest BCUT2D eigenvalue weighted by Gasteiger charge is -2.40. The fourth-order valence-electron chi connectivity index (χ4n) is 9.68. The lowest BCUT2D eigenvalue weighted by Crippen LogP contribution is -2.60. The van der Waals surface area contributed by atoms with E-state index < -0.39 is 49.5 Å². The predicted octanol–water partition coefficient (Wildman–Crippen LogP) is 15.0. The van der Waals surface area contributed by atoms with Crippen molar-refractivity contribution >= 4 is 11.9 Å². The van der Waals surface area contributed by atoms with Crippen LogP contribution >= 0.6 is 0 Å². The third-order valence-corrected chi connectivity index (χ3v) is 14.7. The maximum absolute atomic E-state index is 13.0. The molecule has 11 nitrogen and oxygen atoms in total. The average molecular weight is 1070 g/mol. The molecule has 0 aromatic heterocycles. The van der Waals surface area contributed by atoms with E-state index in [1.54, 1.807) is 6.08 Å². The molecule has 0 bridgehead atoms. The van der Waals surface area contributed by atoms with Crippen LogP contribution in [0.5, 0.6) is 0 Å². The van der Waals surface area contributed by atoms with Gasteiger partial charge < -0.3 is 45.1 Å². The Morgan fingerprint density at radius 1 is 0.513 bits per heavy atom. The van der Waals surface area contributed by atoms with Gasteiger partial charge in [0.25, 0.3) is 0 Å². The van der Waals surface area contributed by atoms with Crippen molar-refractivity contribution in [2.24, 2.45) is 0 Å². The van der Waals surface area contributed by atoms with Crippen LogP contribution in [0.15, 0.2) is 60.8 Å². The van der Waals surface area contributed by atoms with Crippen LogP contribution in [0.25, 0.3) is 0 Å². The van der Waals surface area contributed by atoms with Crippen molar-refractivity contribution in [3.8, 4) is 0 Å². The minimum absolute atomic E-state index is 0.000617. The second-order valence-electron chi connectivity index (χ2n) is 21.8. The van der Waals surface area contributed by atoms with Crippen molar-refractivity contribution in [2.75, 3.05) is 19.8 Å². The fourth-order valence-corrected chi connectivity index (χ4v) is 9.68. The lowest BCUT2D eigenvalue weighted by molar-refractivity contribution is -0.302. The molecule has 1 fully saturated rings. The first kappa shape index (κ1) is 71.4. The Morgan fingerprint density at radius 2 is 0.947 bits per heavy atom. The summed E-state index contributed by atoms with van der Waals surface area (Å²) in [4.78, 5) is 25.0. The van der Waals surface area contributed by atoms with Crippen LogP contribution in [0.3, 0.4) is 0 Å². The number of unbranched alkanes of at least 4 members (excludes halogenated alkanes) is 33. The van der Waals surface area contributed by atoms with E-state index in [4.69, 9.17) is 14.2 Å². The van der Waals surface area contributed by atoms with E-state index in [1.165, 1.54) is 161 Å². The molecule has 1 aliphatic rings. The Bertz CT molecular complexity index is 1450. The van der Waals surface area contributed by atoms with Gasteiger partial charge in [-0.2, -0.15) is 0 Å². The lowest BCUT2D eigenvalue weighted by atomic mass is 9.99. The highest BCUT2D eigenvalue weighted by Crippen LogP contribution is 2.23. The highest BCUT2D eigenvalue weighted by molar-refractivity contribution is 5.76. The molecule has 0 spiro atoms. The molecule has 0 aromatic carbocycles. The van der Waals surface area contributed by atoms with E-state index >= 15 is 0 Å². The first-order valence-electron chi connectivity index (χ1n) is 31.5. The normalized spacial score (nSPS) is 19.1. The molecule has 0 aliphatic carbocycles. The Hall–Kier alpha value is -2.64. The van der Waals surface area contributed by atoms with Gasteiger partial charge in [0, 0.05) is 12.8 Å². The number of esters is 1. The Labute approximate surface area is 465 Å². The monoisotopic (exact) mass is 1070 g/mol. The smallest absolute Gasteiger partial charge is 0.305 e. The van der Waals surface area contributed by atoms with Crippen LogP contribution in [-0.2, 0) is 23.8 Å². The van der Waals surface area contributed by atoms with Crippen molar-refractivity contribution in [1.29, 1.82) is 0 Å². The summed E-state index contributed by atoms with van der Waals surface area (Å²) in [6.45, 7) is 4.09. The minimum atomic E-state index is -1.58. The Kier molecular flexibility index (Phi) is 51.0. The van der Waals surface area contributed by atoms with Crippen molar-refractivity contribution < 1.29 is 49.3 Å². The number of ether oxygens (including phenoxy) is 3. The van der Waals surface area contributed by atoms with Gasteiger partial charge in [-0.05, 0) is 84.0 Å². The summed E-state index contributed by atoms with van der Waals surface area (Å²) in [5.41, 5.74) is 0. The molecule has 11 heteroatoms. The van der Waals surface area contributed by atoms with E-state index in [-0.39, 0.29) is 18.5 Å². The number of hydrogen-bond acceptors (Lipinski definition) is 10. The summed E-state index contributed by atoms with van der Waals surface area (Å²) < 4.78 is 16.7. The van der Waals surface area contributed by atoms with E-state index in [0.29, 0.717) is 19.4 Å². The molecule has 76 heavy (non-hydrogen) atoms. The minimum Gasteiger partial charge on any atom is -0.466 e. The fraction of sp³-hybridized carbons (Fsp3) is 0.815. The van der Waals surface area contributed by atoms with Gasteiger partial charge in [0.2, 0.25) is 5.91 Å². The Balaban J connectivity index is 2.00. The van der Waals surface area contributed by atoms with E-state index in [9.17, 15) is 35.1 Å². The number of carbonyl (C=O) groups is 2. The first-order chi connectivity index (χ1) is 37.2. The molecule has 1 amide bonds. The highest BCUT2D eigenvalue weighted by atomic mass is 16.7. The van der Waals surface area contributed by atoms with E-state index in [1.807, 2.05) is 19.1 Å². The molecule has 1 rings (SSSR count). The van der Waals surface area contributed by atoms with Gasteiger partial charge >= 0.3 is 5.97 Å². The second kappa shape index (κ2) is 54.3. The molecule has 7 unspecified atom stereocenters. The molecular weight excluding hydrogens is 955 g/mol. The molecule has 1 heterocycles. The first-order valence-corrected chi connectivity index (χ1v) is 31.5. The Morgan fingerprint density at radius 3 is 1.45 bits per heavy atom. The van der Waals surface area contributed by atoms with Crippen LogP contribution in [0.4, 0.5) is 0 Å². The quantitative estimate of drug-likeness (QED) is 0.0195. The van der Waals surface area contributed by atoms with Crippen molar-refractivity contribution in [2.45, 2.75) is 320 Å². The van der Waals surface area contributed by atoms with Gasteiger partial charge in [-0.25, -0.2) is 0 Å². The average Bonchev–Trinajstić information content (AvgIpc) is 3.42. The number of aliphatic hydroxyl groups excluding tert-OH is 5. The number of aliphatic hydroxyl groups is 5. The summed E-state index contributed by atoms with van der Waals surface area (Å²) >= 11 is 0. The molecule has 0 radical (unpaired) electrons. The molecule has 7 atom stereocenters. The number of amides is 1. The standard InChI is InChI=1S/C65H117NO10/c1-3-5-7-9-11-13-14-15-30-33-37-41-45-49-53-61(70)74-54-50-46-42-38-34-31-28-26-24-22-20-18-16-17-19-21-23-25-27-29-32-36-40-44-48-52-60(69)66-57(58(68)51-47-43-39-35-12-10-8-6-4-2)56-75-65-64(73)63(72)62(71)59(55-67)76-65/h4,6,12,17-20,35,47,51,57-59,62-65,67-68,71-73H,3,5,7-11,13-16,21-34,36-46,48-50,52-56H2,1-2H3,(H,66,69)/b6-4+,19-17-,20-18-,35-12+,51-47+. The SMILES string of the molecule is C/C=C/CC/C=C/CC/C=C/C(O)C(COC1OC(CO)C(O)C(O)C1O)NC(=O)CCCCCCCCCCC/C=C\C/C=C\CCCCCCCCCCCOC(=O)CCCCCCCCCCCCCCCC. The summed E-state index contributed by atoms with van der Waals surface area (Å²) in [6, 6.07) is -0.839. The van der Waals surface area contributed by atoms with Crippen molar-refractivity contribution in [3.05, 3.63) is 60.8 Å². The zero-order valence-corrected chi connectivity index (χ0v) is 48.7. The molecule has 0 aromatic rings. The van der Waals surface area contributed by atoms with E-state index in [0.717, 1.165) is 89.9 Å². The van der Waals surface area contributed by atoms with Gasteiger partial charge in [0.1, 0.15) is 24.4 Å². The van der Waals surface area contributed by atoms with Crippen LogP contribution in [-0.4, -0.2) is 100 Å². The molecule has 6 N–H and O–H groups in total. The van der Waals surface area contributed by atoms with Gasteiger partial charge in [0.05, 0.1) is 32.0 Å². The van der Waals surface area contributed by atoms with Crippen LogP contribution < -0.4 is 5.32 Å². The van der Waals surface area contributed by atoms with Gasteiger partial charge in [-0.1, -0.05) is 241 Å². The summed E-state index contributed by atoms with van der Waals surface area (Å²) in [6.07, 6.45) is 60.8. The summed E-state index contributed by atoms with van der Waals surface area (Å²) in [7, 11) is 0. The predicted molar refractivity (Wildman–Crippen MR) is 315 cm³/mol. The van der Waals surface area contributed by atoms with Crippen LogP contribution in [0, 0.1) is 0 Å². The third kappa shape index (κ3) is 43.3. The van der Waals surface area contributed by atoms with Crippen LogP contribution in [0.2, 0.25) is 0 Å². The van der Waals surface area contributed by atoms with Crippen LogP contribution in [0.1, 0.15) is 277 Å². The van der Waals surface area contributed by atoms with Gasteiger partial charge in [-0.15, -0.1) is 0 Å². The molecule has 0 saturated carbocycles. The molecule has 442 valence electrons. The summed E-state index contributed by atoms with van der Waals surface area (Å²) in [5, 5.41) is 54.1. The van der Waals surface area contributed by atoms with Crippen molar-refractivity contribution in [3.63, 3.8) is 0 Å². The zero-order valence-electron chi connectivity index (χ0n) is 48.7. The number of allylic oxidation sites excluding steroid dienone is 9. The number of hydrogen-bond donors (Lipinski definition) is 6. The van der Waals surface area contributed by atoms with Gasteiger partial charge in [-0.3, -0.25) is 9.59 Å². The highest BCUT2D eigenvalue weighted by Gasteiger charge is 2.44. The zero-order chi connectivity index (χ0) is 55.2. The maximum atomic E-state index is 13.0. The largest absolute Gasteiger partial charge is 0.466 e. The molecular formula is C65H117NO10. The molecule has 1 aliphatic heterocycles. The second-order valence-corrected chi connectivity index (χ2v) is 21.8. The maximum Gasteiger partial charge on any atom is 0.305 e. The van der Waals surface area contributed by atoms with Gasteiger partial charge in [0.15, 0.2) is 6.29 Å². The summed E-state index contributed by atoms with van der Waals surface area (Å²) in [5.74, 6) is -0.207. The molecule has 1 saturated heterocycles.